The van der Waals surface area contributed by atoms with Crippen molar-refractivity contribution in [3.8, 4) is 0 Å². The minimum Gasteiger partial charge on any atom is -0.243 e. The molecule has 1 heterocycles. The van der Waals surface area contributed by atoms with E-state index in [1.807, 2.05) is 13.0 Å². The molecule has 1 unspecified atom stereocenters. The van der Waals surface area contributed by atoms with Crippen LogP contribution >= 0.6 is 39.1 Å². The molecule has 0 aliphatic carbocycles. The Morgan fingerprint density at radius 3 is 2.73 bits per heavy atom. The standard InChI is InChI=1S/C7H6BrCl2N/c1-4(9)6-2-5(8)3-11-7(6)10/h2-4H,1H3. The highest BCUT2D eigenvalue weighted by Gasteiger charge is 2.07. The molecule has 0 fully saturated rings. The van der Waals surface area contributed by atoms with Crippen molar-refractivity contribution >= 4 is 39.1 Å². The second-order valence-electron chi connectivity index (χ2n) is 2.15. The Morgan fingerprint density at radius 1 is 1.64 bits per heavy atom. The molecular weight excluding hydrogens is 249 g/mol. The Kier molecular flexibility index (Phi) is 3.16. The number of hydrogen-bond acceptors (Lipinski definition) is 1. The van der Waals surface area contributed by atoms with Crippen molar-refractivity contribution in [1.82, 2.24) is 4.98 Å². The largest absolute Gasteiger partial charge is 0.243 e. The second kappa shape index (κ2) is 3.74. The smallest absolute Gasteiger partial charge is 0.133 e. The summed E-state index contributed by atoms with van der Waals surface area (Å²) in [6, 6.07) is 1.87. The number of halogens is 3. The van der Waals surface area contributed by atoms with Gasteiger partial charge < -0.3 is 0 Å². The van der Waals surface area contributed by atoms with Crippen LogP contribution in [0.2, 0.25) is 5.15 Å². The van der Waals surface area contributed by atoms with Crippen LogP contribution in [-0.2, 0) is 0 Å². The van der Waals surface area contributed by atoms with Gasteiger partial charge in [0, 0.05) is 16.2 Å². The topological polar surface area (TPSA) is 12.9 Å². The summed E-state index contributed by atoms with van der Waals surface area (Å²) in [6.07, 6.45) is 1.64. The van der Waals surface area contributed by atoms with Gasteiger partial charge in [-0.15, -0.1) is 11.6 Å². The molecule has 1 aromatic rings. The Bertz CT molecular complexity index is 263. The Balaban J connectivity index is 3.13. The zero-order chi connectivity index (χ0) is 8.43. The first-order valence-corrected chi connectivity index (χ1v) is 4.67. The van der Waals surface area contributed by atoms with Gasteiger partial charge in [0.25, 0.3) is 0 Å². The average Bonchev–Trinajstić information content (AvgIpc) is 1.94. The molecule has 1 nitrogen and oxygen atoms in total. The van der Waals surface area contributed by atoms with Gasteiger partial charge >= 0.3 is 0 Å². The first-order valence-electron chi connectivity index (χ1n) is 3.06. The van der Waals surface area contributed by atoms with Crippen LogP contribution in [0.1, 0.15) is 17.9 Å². The van der Waals surface area contributed by atoms with Gasteiger partial charge in [0.1, 0.15) is 5.15 Å². The monoisotopic (exact) mass is 253 g/mol. The minimum atomic E-state index is -0.104. The van der Waals surface area contributed by atoms with Gasteiger partial charge in [0.2, 0.25) is 0 Å². The molecule has 60 valence electrons. The number of hydrogen-bond donors (Lipinski definition) is 0. The molecule has 0 aliphatic rings. The molecule has 0 radical (unpaired) electrons. The third-order valence-corrected chi connectivity index (χ3v) is 2.25. The van der Waals surface area contributed by atoms with Crippen LogP contribution in [-0.4, -0.2) is 4.98 Å². The lowest BCUT2D eigenvalue weighted by Gasteiger charge is -2.04. The highest BCUT2D eigenvalue weighted by molar-refractivity contribution is 9.10. The third kappa shape index (κ3) is 2.32. The number of aromatic nitrogens is 1. The lowest BCUT2D eigenvalue weighted by atomic mass is 10.2. The van der Waals surface area contributed by atoms with Gasteiger partial charge in [0.05, 0.1) is 5.38 Å². The maximum absolute atomic E-state index is 5.84. The minimum absolute atomic E-state index is 0.104. The number of alkyl halides is 1. The van der Waals surface area contributed by atoms with Crippen molar-refractivity contribution in [3.05, 3.63) is 27.5 Å². The van der Waals surface area contributed by atoms with Crippen LogP contribution in [0, 0.1) is 0 Å². The van der Waals surface area contributed by atoms with E-state index in [1.54, 1.807) is 6.20 Å². The van der Waals surface area contributed by atoms with Crippen LogP contribution in [0.3, 0.4) is 0 Å². The first kappa shape index (κ1) is 9.30. The second-order valence-corrected chi connectivity index (χ2v) is 4.08. The molecule has 1 aromatic heterocycles. The molecule has 0 saturated heterocycles. The maximum Gasteiger partial charge on any atom is 0.133 e. The highest BCUT2D eigenvalue weighted by atomic mass is 79.9. The van der Waals surface area contributed by atoms with Gasteiger partial charge in [-0.1, -0.05) is 11.6 Å². The predicted octanol–water partition coefficient (Wildman–Crippen LogP) is 3.80. The van der Waals surface area contributed by atoms with Crippen molar-refractivity contribution in [2.24, 2.45) is 0 Å². The van der Waals surface area contributed by atoms with E-state index in [9.17, 15) is 0 Å². The summed E-state index contributed by atoms with van der Waals surface area (Å²) in [4.78, 5) is 3.93. The lowest BCUT2D eigenvalue weighted by Crippen LogP contribution is -1.88. The van der Waals surface area contributed by atoms with E-state index in [0.717, 1.165) is 10.0 Å². The van der Waals surface area contributed by atoms with E-state index in [1.165, 1.54) is 0 Å². The highest BCUT2D eigenvalue weighted by Crippen LogP contribution is 2.27. The molecule has 0 aromatic carbocycles. The molecule has 0 spiro atoms. The number of pyridine rings is 1. The van der Waals surface area contributed by atoms with Gasteiger partial charge in [0.15, 0.2) is 0 Å². The molecule has 1 rings (SSSR count). The molecule has 4 heteroatoms. The Labute approximate surface area is 83.9 Å². The summed E-state index contributed by atoms with van der Waals surface area (Å²) < 4.78 is 0.893. The van der Waals surface area contributed by atoms with E-state index in [0.29, 0.717) is 5.15 Å². The summed E-state index contributed by atoms with van der Waals surface area (Å²) >= 11 is 14.9. The normalized spacial score (nSPS) is 13.1. The zero-order valence-corrected chi connectivity index (χ0v) is 8.91. The molecule has 0 N–H and O–H groups in total. The summed E-state index contributed by atoms with van der Waals surface area (Å²) in [6.45, 7) is 1.86. The SMILES string of the molecule is CC(Cl)c1cc(Br)cnc1Cl. The van der Waals surface area contributed by atoms with Crippen LogP contribution < -0.4 is 0 Å². The predicted molar refractivity (Wildman–Crippen MR) is 51.2 cm³/mol. The van der Waals surface area contributed by atoms with Crippen LogP contribution in [0.5, 0.6) is 0 Å². The molecule has 0 aliphatic heterocycles. The average molecular weight is 255 g/mol. The molecule has 0 saturated carbocycles. The van der Waals surface area contributed by atoms with Gasteiger partial charge in [-0.3, -0.25) is 0 Å². The van der Waals surface area contributed by atoms with E-state index >= 15 is 0 Å². The fourth-order valence-corrected chi connectivity index (χ4v) is 1.56. The van der Waals surface area contributed by atoms with E-state index in [2.05, 4.69) is 20.9 Å². The molecule has 1 atom stereocenters. The molecule has 0 amide bonds. The lowest BCUT2D eigenvalue weighted by molar-refractivity contribution is 1.05. The van der Waals surface area contributed by atoms with Crippen LogP contribution in [0.4, 0.5) is 0 Å². The molecule has 11 heavy (non-hydrogen) atoms. The maximum atomic E-state index is 5.84. The first-order chi connectivity index (χ1) is 5.11. The fourth-order valence-electron chi connectivity index (χ4n) is 0.717. The van der Waals surface area contributed by atoms with Crippen molar-refractivity contribution in [3.63, 3.8) is 0 Å². The zero-order valence-electron chi connectivity index (χ0n) is 5.81. The molecular formula is C7H6BrCl2N. The summed E-state index contributed by atoms with van der Waals surface area (Å²) in [5.74, 6) is 0. The third-order valence-electron chi connectivity index (χ3n) is 1.26. The van der Waals surface area contributed by atoms with Crippen molar-refractivity contribution in [2.75, 3.05) is 0 Å². The Morgan fingerprint density at radius 2 is 2.27 bits per heavy atom. The van der Waals surface area contributed by atoms with Crippen LogP contribution in [0.15, 0.2) is 16.7 Å². The van der Waals surface area contributed by atoms with Crippen molar-refractivity contribution in [1.29, 1.82) is 0 Å². The quantitative estimate of drug-likeness (QED) is 0.549. The molecule has 0 bridgehead atoms. The fraction of sp³-hybridized carbons (Fsp3) is 0.286. The summed E-state index contributed by atoms with van der Waals surface area (Å²) in [7, 11) is 0. The van der Waals surface area contributed by atoms with Gasteiger partial charge in [-0.2, -0.15) is 0 Å². The van der Waals surface area contributed by atoms with Gasteiger partial charge in [-0.05, 0) is 28.9 Å². The van der Waals surface area contributed by atoms with Crippen LogP contribution in [0.25, 0.3) is 0 Å². The number of nitrogens with zero attached hydrogens (tertiary/aromatic N) is 1. The van der Waals surface area contributed by atoms with Crippen molar-refractivity contribution < 1.29 is 0 Å². The summed E-state index contributed by atoms with van der Waals surface area (Å²) in [5.41, 5.74) is 0.850. The van der Waals surface area contributed by atoms with Gasteiger partial charge in [-0.25, -0.2) is 4.98 Å². The van der Waals surface area contributed by atoms with E-state index in [-0.39, 0.29) is 5.38 Å². The van der Waals surface area contributed by atoms with E-state index < -0.39 is 0 Å². The van der Waals surface area contributed by atoms with E-state index in [4.69, 9.17) is 23.2 Å². The number of rotatable bonds is 1. The summed E-state index contributed by atoms with van der Waals surface area (Å²) in [5, 5.41) is 0.364. The Hall–Kier alpha value is 0.210. The van der Waals surface area contributed by atoms with Crippen molar-refractivity contribution in [2.45, 2.75) is 12.3 Å².